The number of thioether (sulfide) groups is 1. The summed E-state index contributed by atoms with van der Waals surface area (Å²) >= 11 is 6.03. The molecule has 0 N–H and O–H groups in total. The van der Waals surface area contributed by atoms with Gasteiger partial charge in [0.1, 0.15) is 9.84 Å². The van der Waals surface area contributed by atoms with Gasteiger partial charge >= 0.3 is 0 Å². The van der Waals surface area contributed by atoms with Crippen molar-refractivity contribution in [1.82, 2.24) is 0 Å². The van der Waals surface area contributed by atoms with Gasteiger partial charge in [-0.05, 0) is 11.3 Å². The smallest absolute Gasteiger partial charge is 0.148 e. The van der Waals surface area contributed by atoms with Crippen LogP contribution in [0.3, 0.4) is 0 Å². The van der Waals surface area contributed by atoms with Gasteiger partial charge in [-0.25, -0.2) is 8.42 Å². The van der Waals surface area contributed by atoms with Crippen molar-refractivity contribution in [1.29, 1.82) is 0 Å². The fourth-order valence-electron chi connectivity index (χ4n) is 1.42. The molecule has 1 aromatic carbocycles. The molecule has 0 fully saturated rings. The van der Waals surface area contributed by atoms with Crippen molar-refractivity contribution in [2.45, 2.75) is 5.92 Å². The van der Waals surface area contributed by atoms with Gasteiger partial charge < -0.3 is 0 Å². The van der Waals surface area contributed by atoms with Crippen LogP contribution in [0, 0.1) is 0 Å². The fourth-order valence-corrected chi connectivity index (χ4v) is 4.37. The van der Waals surface area contributed by atoms with Crippen LogP contribution in [0.15, 0.2) is 30.3 Å². The van der Waals surface area contributed by atoms with Crippen LogP contribution in [-0.4, -0.2) is 37.7 Å². The lowest BCUT2D eigenvalue weighted by Gasteiger charge is -2.14. The molecule has 0 bridgehead atoms. The third-order valence-electron chi connectivity index (χ3n) is 2.41. The molecule has 17 heavy (non-hydrogen) atoms. The van der Waals surface area contributed by atoms with Gasteiger partial charge in [-0.1, -0.05) is 30.3 Å². The molecule has 0 aliphatic rings. The molecule has 5 heteroatoms. The maximum Gasteiger partial charge on any atom is 0.148 e. The first kappa shape index (κ1) is 14.9. The molecule has 0 aliphatic carbocycles. The standard InChI is InChI=1S/C12H18O2S3/c1-17(13,14)8-7-16-10-12(9-15)11-5-3-2-4-6-11/h2-6,12,15H,7-10H2,1H3. The van der Waals surface area contributed by atoms with E-state index in [-0.39, 0.29) is 5.75 Å². The molecule has 0 radical (unpaired) electrons. The van der Waals surface area contributed by atoms with Gasteiger partial charge in [-0.15, -0.1) is 0 Å². The quantitative estimate of drug-likeness (QED) is 0.619. The Kier molecular flexibility index (Phi) is 6.44. The van der Waals surface area contributed by atoms with Crippen LogP contribution in [0.25, 0.3) is 0 Å². The maximum atomic E-state index is 11.0. The molecular weight excluding hydrogens is 272 g/mol. The Bertz CT molecular complexity index is 415. The lowest BCUT2D eigenvalue weighted by molar-refractivity contribution is 0.603. The van der Waals surface area contributed by atoms with E-state index in [1.54, 1.807) is 11.8 Å². The molecule has 0 amide bonds. The van der Waals surface area contributed by atoms with E-state index in [0.717, 1.165) is 11.5 Å². The minimum atomic E-state index is -2.83. The molecule has 2 nitrogen and oxygen atoms in total. The van der Waals surface area contributed by atoms with Crippen LogP contribution >= 0.6 is 24.4 Å². The van der Waals surface area contributed by atoms with Crippen LogP contribution in [0.5, 0.6) is 0 Å². The Morgan fingerprint density at radius 3 is 2.47 bits per heavy atom. The van der Waals surface area contributed by atoms with E-state index in [1.165, 1.54) is 11.8 Å². The number of thiol groups is 1. The van der Waals surface area contributed by atoms with Gasteiger partial charge in [0.05, 0.1) is 5.75 Å². The van der Waals surface area contributed by atoms with Crippen molar-refractivity contribution in [3.8, 4) is 0 Å². The largest absolute Gasteiger partial charge is 0.229 e. The van der Waals surface area contributed by atoms with Crippen molar-refractivity contribution >= 4 is 34.2 Å². The van der Waals surface area contributed by atoms with Crippen molar-refractivity contribution in [3.63, 3.8) is 0 Å². The Morgan fingerprint density at radius 1 is 1.29 bits per heavy atom. The molecule has 1 aromatic rings. The average Bonchev–Trinajstić information content (AvgIpc) is 2.29. The number of hydrogen-bond acceptors (Lipinski definition) is 4. The molecule has 0 aliphatic heterocycles. The topological polar surface area (TPSA) is 34.1 Å². The number of hydrogen-bond donors (Lipinski definition) is 1. The molecular formula is C12H18O2S3. The number of benzene rings is 1. The highest BCUT2D eigenvalue weighted by Gasteiger charge is 2.10. The van der Waals surface area contributed by atoms with Gasteiger partial charge in [0, 0.05) is 23.7 Å². The van der Waals surface area contributed by atoms with E-state index in [4.69, 9.17) is 0 Å². The van der Waals surface area contributed by atoms with Crippen LogP contribution in [0.4, 0.5) is 0 Å². The van der Waals surface area contributed by atoms with E-state index in [0.29, 0.717) is 11.7 Å². The molecule has 0 aromatic heterocycles. The minimum absolute atomic E-state index is 0.256. The molecule has 96 valence electrons. The molecule has 0 heterocycles. The average molecular weight is 290 g/mol. The minimum Gasteiger partial charge on any atom is -0.229 e. The Balaban J connectivity index is 2.39. The van der Waals surface area contributed by atoms with Gasteiger partial charge in [0.25, 0.3) is 0 Å². The summed E-state index contributed by atoms with van der Waals surface area (Å²) in [6, 6.07) is 10.2. The zero-order valence-corrected chi connectivity index (χ0v) is 12.4. The molecule has 0 saturated carbocycles. The van der Waals surface area contributed by atoms with E-state index >= 15 is 0 Å². The highest BCUT2D eigenvalue weighted by atomic mass is 32.2. The van der Waals surface area contributed by atoms with Crippen LogP contribution in [0.2, 0.25) is 0 Å². The first-order valence-electron chi connectivity index (χ1n) is 5.44. The SMILES string of the molecule is CS(=O)(=O)CCSCC(CS)c1ccccc1. The molecule has 1 rings (SSSR count). The van der Waals surface area contributed by atoms with Gasteiger partial charge in [0.15, 0.2) is 0 Å². The summed E-state index contributed by atoms with van der Waals surface area (Å²) < 4.78 is 22.0. The predicted molar refractivity (Wildman–Crippen MR) is 80.1 cm³/mol. The second kappa shape index (κ2) is 7.34. The molecule has 0 spiro atoms. The summed E-state index contributed by atoms with van der Waals surface area (Å²) in [6.07, 6.45) is 1.28. The summed E-state index contributed by atoms with van der Waals surface area (Å²) in [7, 11) is -2.83. The number of sulfone groups is 1. The predicted octanol–water partition coefficient (Wildman–Crippen LogP) is 2.48. The Morgan fingerprint density at radius 2 is 1.94 bits per heavy atom. The van der Waals surface area contributed by atoms with Crippen molar-refractivity contribution in [3.05, 3.63) is 35.9 Å². The summed E-state index contributed by atoms with van der Waals surface area (Å²) in [6.45, 7) is 0. The zero-order chi connectivity index (χ0) is 12.7. The molecule has 1 atom stereocenters. The zero-order valence-electron chi connectivity index (χ0n) is 9.87. The third kappa shape index (κ3) is 6.38. The van der Waals surface area contributed by atoms with Gasteiger partial charge in [0.2, 0.25) is 0 Å². The second-order valence-electron chi connectivity index (χ2n) is 3.99. The summed E-state index contributed by atoms with van der Waals surface area (Å²) in [5.41, 5.74) is 1.27. The van der Waals surface area contributed by atoms with E-state index in [9.17, 15) is 8.42 Å². The summed E-state index contributed by atoms with van der Waals surface area (Å²) in [4.78, 5) is 0. The number of rotatable bonds is 7. The van der Waals surface area contributed by atoms with Crippen LogP contribution < -0.4 is 0 Å². The first-order valence-corrected chi connectivity index (χ1v) is 9.29. The van der Waals surface area contributed by atoms with E-state index in [2.05, 4.69) is 24.8 Å². The Hall–Kier alpha value is -0.130. The van der Waals surface area contributed by atoms with Crippen molar-refractivity contribution in [2.75, 3.05) is 29.3 Å². The monoisotopic (exact) mass is 290 g/mol. The third-order valence-corrected chi connectivity index (χ3v) is 5.18. The van der Waals surface area contributed by atoms with Crippen LogP contribution in [0.1, 0.15) is 11.5 Å². The fraction of sp³-hybridized carbons (Fsp3) is 0.500. The van der Waals surface area contributed by atoms with Gasteiger partial charge in [-0.2, -0.15) is 24.4 Å². The van der Waals surface area contributed by atoms with Crippen molar-refractivity contribution in [2.24, 2.45) is 0 Å². The second-order valence-corrected chi connectivity index (χ2v) is 7.77. The highest BCUT2D eigenvalue weighted by molar-refractivity contribution is 8.00. The summed E-state index contributed by atoms with van der Waals surface area (Å²) in [5, 5.41) is 0. The normalized spacial score (nSPS) is 13.5. The molecule has 0 saturated heterocycles. The van der Waals surface area contributed by atoms with Crippen LogP contribution in [-0.2, 0) is 9.84 Å². The van der Waals surface area contributed by atoms with Crippen molar-refractivity contribution < 1.29 is 8.42 Å². The first-order chi connectivity index (χ1) is 8.03. The highest BCUT2D eigenvalue weighted by Crippen LogP contribution is 2.22. The lowest BCUT2D eigenvalue weighted by Crippen LogP contribution is -2.08. The maximum absolute atomic E-state index is 11.0. The van der Waals surface area contributed by atoms with E-state index in [1.807, 2.05) is 18.2 Å². The van der Waals surface area contributed by atoms with Gasteiger partial charge in [-0.3, -0.25) is 0 Å². The van der Waals surface area contributed by atoms with E-state index < -0.39 is 9.84 Å². The lowest BCUT2D eigenvalue weighted by atomic mass is 10.0. The molecule has 1 unspecified atom stereocenters. The summed E-state index contributed by atoms with van der Waals surface area (Å²) in [5.74, 6) is 3.02. The Labute approximate surface area is 114 Å².